The van der Waals surface area contributed by atoms with Crippen molar-refractivity contribution in [1.82, 2.24) is 20.2 Å². The summed E-state index contributed by atoms with van der Waals surface area (Å²) in [4.78, 5) is 8.56. The van der Waals surface area contributed by atoms with Crippen molar-refractivity contribution in [3.05, 3.63) is 40.5 Å². The van der Waals surface area contributed by atoms with Crippen molar-refractivity contribution in [3.8, 4) is 23.0 Å². The largest absolute Gasteiger partial charge is 0.415 e. The van der Waals surface area contributed by atoms with Crippen molar-refractivity contribution >= 4 is 27.7 Å². The second kappa shape index (κ2) is 5.95. The van der Waals surface area contributed by atoms with Crippen LogP contribution in [0.2, 0.25) is 0 Å². The predicted octanol–water partition coefficient (Wildman–Crippen LogP) is 3.99. The Kier molecular flexibility index (Phi) is 4.03. The van der Waals surface area contributed by atoms with E-state index in [9.17, 15) is 0 Å². The number of hydrogen-bond donors (Lipinski definition) is 0. The van der Waals surface area contributed by atoms with Gasteiger partial charge in [-0.1, -0.05) is 29.5 Å². The maximum Gasteiger partial charge on any atom is 0.267 e. The topological polar surface area (TPSA) is 64.7 Å². The Morgan fingerprint density at radius 1 is 1.10 bits per heavy atom. The summed E-state index contributed by atoms with van der Waals surface area (Å²) in [6, 6.07) is 7.92. The number of thioether (sulfide) groups is 1. The quantitative estimate of drug-likeness (QED) is 0.518. The average molecular weight is 363 g/mol. The summed E-state index contributed by atoms with van der Waals surface area (Å²) in [7, 11) is 0. The van der Waals surface area contributed by atoms with E-state index in [0.717, 1.165) is 10.0 Å². The Bertz CT molecular complexity index is 773. The molecule has 2 aromatic heterocycles. The molecule has 106 valence electrons. The Labute approximate surface area is 134 Å². The molecule has 0 saturated heterocycles. The number of aromatic nitrogens is 4. The molecule has 0 fully saturated rings. The second-order valence-corrected chi connectivity index (χ2v) is 5.96. The van der Waals surface area contributed by atoms with Crippen molar-refractivity contribution in [1.29, 1.82) is 0 Å². The molecule has 3 aromatic rings. The fourth-order valence-corrected chi connectivity index (χ4v) is 2.43. The number of benzene rings is 1. The monoisotopic (exact) mass is 362 g/mol. The highest BCUT2D eigenvalue weighted by atomic mass is 79.9. The van der Waals surface area contributed by atoms with Crippen LogP contribution in [0, 0.1) is 6.92 Å². The van der Waals surface area contributed by atoms with E-state index < -0.39 is 0 Å². The summed E-state index contributed by atoms with van der Waals surface area (Å²) in [5, 5.41) is 8.82. The first-order valence-electron chi connectivity index (χ1n) is 6.15. The first-order valence-corrected chi connectivity index (χ1v) is 8.16. The molecular weight excluding hydrogens is 352 g/mol. The lowest BCUT2D eigenvalue weighted by molar-refractivity contribution is 0.580. The Balaban J connectivity index is 2.00. The third-order valence-corrected chi connectivity index (χ3v) is 3.97. The highest BCUT2D eigenvalue weighted by molar-refractivity contribution is 9.10. The van der Waals surface area contributed by atoms with E-state index in [1.165, 1.54) is 17.3 Å². The van der Waals surface area contributed by atoms with E-state index in [1.807, 2.05) is 37.4 Å². The van der Waals surface area contributed by atoms with Gasteiger partial charge in [-0.3, -0.25) is 0 Å². The van der Waals surface area contributed by atoms with Crippen LogP contribution in [-0.4, -0.2) is 26.4 Å². The first kappa shape index (κ1) is 14.2. The van der Waals surface area contributed by atoms with Crippen LogP contribution >= 0.6 is 27.7 Å². The fourth-order valence-electron chi connectivity index (χ4n) is 1.73. The predicted molar refractivity (Wildman–Crippen MR) is 85.0 cm³/mol. The summed E-state index contributed by atoms with van der Waals surface area (Å²) >= 11 is 4.87. The van der Waals surface area contributed by atoms with Gasteiger partial charge in [0.05, 0.1) is 4.47 Å². The highest BCUT2D eigenvalue weighted by Crippen LogP contribution is 2.28. The minimum Gasteiger partial charge on any atom is -0.415 e. The minimum absolute atomic E-state index is 0.371. The van der Waals surface area contributed by atoms with Crippen LogP contribution in [0.3, 0.4) is 0 Å². The van der Waals surface area contributed by atoms with Gasteiger partial charge in [0.2, 0.25) is 5.89 Å². The van der Waals surface area contributed by atoms with Gasteiger partial charge in [-0.15, -0.1) is 10.2 Å². The molecule has 0 aliphatic rings. The molecule has 0 atom stereocenters. The van der Waals surface area contributed by atoms with Gasteiger partial charge in [0, 0.05) is 11.8 Å². The van der Waals surface area contributed by atoms with E-state index in [0.29, 0.717) is 22.6 Å². The van der Waals surface area contributed by atoms with Crippen LogP contribution in [0.25, 0.3) is 23.0 Å². The molecule has 21 heavy (non-hydrogen) atoms. The molecular formula is C14H11BrN4OS. The molecule has 0 bridgehead atoms. The molecule has 0 amide bonds. The van der Waals surface area contributed by atoms with Crippen molar-refractivity contribution in [3.63, 3.8) is 0 Å². The molecule has 0 aliphatic carbocycles. The number of nitrogens with zero attached hydrogens (tertiary/aromatic N) is 4. The highest BCUT2D eigenvalue weighted by Gasteiger charge is 2.15. The van der Waals surface area contributed by atoms with E-state index >= 15 is 0 Å². The maximum absolute atomic E-state index is 5.72. The summed E-state index contributed by atoms with van der Waals surface area (Å²) in [5.74, 6) is 0.844. The van der Waals surface area contributed by atoms with Crippen molar-refractivity contribution in [2.75, 3.05) is 6.26 Å². The van der Waals surface area contributed by atoms with Gasteiger partial charge < -0.3 is 4.42 Å². The van der Waals surface area contributed by atoms with E-state index in [1.54, 1.807) is 6.20 Å². The van der Waals surface area contributed by atoms with Crippen LogP contribution in [0.1, 0.15) is 5.56 Å². The summed E-state index contributed by atoms with van der Waals surface area (Å²) in [6.45, 7) is 2.03. The van der Waals surface area contributed by atoms with Gasteiger partial charge in [0.15, 0.2) is 5.16 Å². The van der Waals surface area contributed by atoms with Crippen LogP contribution < -0.4 is 0 Å². The average Bonchev–Trinajstić information content (AvgIpc) is 2.98. The maximum atomic E-state index is 5.72. The van der Waals surface area contributed by atoms with Gasteiger partial charge in [-0.05, 0) is 41.2 Å². The summed E-state index contributed by atoms with van der Waals surface area (Å²) < 4.78 is 6.45. The lowest BCUT2D eigenvalue weighted by atomic mass is 10.1. The molecule has 0 aliphatic heterocycles. The fraction of sp³-hybridized carbons (Fsp3) is 0.143. The van der Waals surface area contributed by atoms with Crippen LogP contribution in [0.15, 0.2) is 44.5 Å². The van der Waals surface area contributed by atoms with Crippen molar-refractivity contribution in [2.45, 2.75) is 12.1 Å². The van der Waals surface area contributed by atoms with E-state index in [-0.39, 0.29) is 0 Å². The number of aryl methyl sites for hydroxylation is 1. The van der Waals surface area contributed by atoms with Crippen LogP contribution in [0.5, 0.6) is 0 Å². The summed E-state index contributed by atoms with van der Waals surface area (Å²) in [5.41, 5.74) is 2.66. The molecule has 7 heteroatoms. The van der Waals surface area contributed by atoms with Gasteiger partial charge in [-0.25, -0.2) is 9.97 Å². The Morgan fingerprint density at radius 2 is 1.81 bits per heavy atom. The molecule has 0 spiro atoms. The lowest BCUT2D eigenvalue weighted by Crippen LogP contribution is -1.91. The van der Waals surface area contributed by atoms with E-state index in [4.69, 9.17) is 4.42 Å². The van der Waals surface area contributed by atoms with Gasteiger partial charge in [-0.2, -0.15) is 0 Å². The zero-order valence-electron chi connectivity index (χ0n) is 11.4. The Morgan fingerprint density at radius 3 is 2.52 bits per heavy atom. The Hall–Kier alpha value is -1.73. The molecule has 0 N–H and O–H groups in total. The minimum atomic E-state index is 0.371. The summed E-state index contributed by atoms with van der Waals surface area (Å²) in [6.07, 6.45) is 3.60. The van der Waals surface area contributed by atoms with Crippen molar-refractivity contribution in [2.24, 2.45) is 0 Å². The normalized spacial score (nSPS) is 10.8. The molecule has 0 radical (unpaired) electrons. The zero-order valence-corrected chi connectivity index (χ0v) is 13.8. The van der Waals surface area contributed by atoms with Gasteiger partial charge in [0.25, 0.3) is 5.89 Å². The SMILES string of the molecule is CSc1ncc(Br)c(-c2nnc(-c3ccc(C)cc3)o2)n1. The molecule has 1 aromatic carbocycles. The van der Waals surface area contributed by atoms with E-state index in [2.05, 4.69) is 36.1 Å². The van der Waals surface area contributed by atoms with Crippen LogP contribution in [0.4, 0.5) is 0 Å². The van der Waals surface area contributed by atoms with Crippen LogP contribution in [-0.2, 0) is 0 Å². The molecule has 0 saturated carbocycles. The number of hydrogen-bond acceptors (Lipinski definition) is 6. The number of halogens is 1. The molecule has 0 unspecified atom stereocenters. The van der Waals surface area contributed by atoms with Gasteiger partial charge in [0.1, 0.15) is 5.69 Å². The molecule has 2 heterocycles. The van der Waals surface area contributed by atoms with Gasteiger partial charge >= 0.3 is 0 Å². The third kappa shape index (κ3) is 2.98. The third-order valence-electron chi connectivity index (χ3n) is 2.83. The van der Waals surface area contributed by atoms with Crippen molar-refractivity contribution < 1.29 is 4.42 Å². The zero-order chi connectivity index (χ0) is 14.8. The number of rotatable bonds is 3. The smallest absolute Gasteiger partial charge is 0.267 e. The second-order valence-electron chi connectivity index (χ2n) is 4.33. The molecule has 5 nitrogen and oxygen atoms in total. The first-order chi connectivity index (χ1) is 10.2. The standard InChI is InChI=1S/C14H11BrN4OS/c1-8-3-5-9(6-4-8)12-18-19-13(20-12)11-10(15)7-16-14(17-11)21-2/h3-7H,1-2H3. The lowest BCUT2D eigenvalue weighted by Gasteiger charge is -2.00. The molecule has 3 rings (SSSR count).